The van der Waals surface area contributed by atoms with E-state index < -0.39 is 4.92 Å². The number of hydrogen-bond acceptors (Lipinski definition) is 5. The predicted molar refractivity (Wildman–Crippen MR) is 83.3 cm³/mol. The molecule has 1 atom stereocenters. The number of benzene rings is 1. The highest BCUT2D eigenvalue weighted by atomic mass is 79.9. The fourth-order valence-electron chi connectivity index (χ4n) is 1.85. The maximum atomic E-state index is 11.1. The van der Waals surface area contributed by atoms with Crippen molar-refractivity contribution in [3.8, 4) is 11.8 Å². The number of nitriles is 1. The van der Waals surface area contributed by atoms with Gasteiger partial charge in [-0.1, -0.05) is 22.9 Å². The van der Waals surface area contributed by atoms with Crippen molar-refractivity contribution in [1.29, 1.82) is 5.26 Å². The van der Waals surface area contributed by atoms with Crippen LogP contribution in [0.15, 0.2) is 16.6 Å². The summed E-state index contributed by atoms with van der Waals surface area (Å²) in [7, 11) is 0. The summed E-state index contributed by atoms with van der Waals surface area (Å²) < 4.78 is 6.18. The molecule has 0 spiro atoms. The van der Waals surface area contributed by atoms with E-state index in [-0.39, 0.29) is 24.1 Å². The zero-order valence-electron chi connectivity index (χ0n) is 12.1. The van der Waals surface area contributed by atoms with Gasteiger partial charge >= 0.3 is 5.69 Å². The van der Waals surface area contributed by atoms with Crippen LogP contribution < -0.4 is 10.1 Å². The van der Waals surface area contributed by atoms with Crippen molar-refractivity contribution in [2.75, 3.05) is 13.2 Å². The third kappa shape index (κ3) is 5.33. The number of nitrogens with zero attached hydrogens (tertiary/aromatic N) is 2. The molecule has 0 heterocycles. The molecule has 1 unspecified atom stereocenters. The smallest absolute Gasteiger partial charge is 0.312 e. The van der Waals surface area contributed by atoms with Crippen molar-refractivity contribution in [3.05, 3.63) is 32.3 Å². The number of nitrogens with one attached hydrogen (secondary N) is 1. The Morgan fingerprint density at radius 3 is 2.86 bits per heavy atom. The molecular weight excluding hydrogens is 338 g/mol. The summed E-state index contributed by atoms with van der Waals surface area (Å²) in [4.78, 5) is 10.6. The van der Waals surface area contributed by atoms with Crippen LogP contribution in [0.3, 0.4) is 0 Å². The maximum Gasteiger partial charge on any atom is 0.312 e. The van der Waals surface area contributed by atoms with E-state index in [1.165, 1.54) is 6.07 Å². The first-order valence-electron chi connectivity index (χ1n) is 6.70. The van der Waals surface area contributed by atoms with Crippen molar-refractivity contribution in [1.82, 2.24) is 5.32 Å². The van der Waals surface area contributed by atoms with Crippen LogP contribution in [0.5, 0.6) is 5.75 Å². The van der Waals surface area contributed by atoms with Crippen molar-refractivity contribution in [2.24, 2.45) is 0 Å². The molecular formula is C14H18BrN3O3. The molecule has 0 radical (unpaired) electrons. The van der Waals surface area contributed by atoms with Crippen molar-refractivity contribution in [2.45, 2.75) is 32.7 Å². The fourth-order valence-corrected chi connectivity index (χ4v) is 2.41. The van der Waals surface area contributed by atoms with Crippen molar-refractivity contribution < 1.29 is 9.66 Å². The maximum absolute atomic E-state index is 11.1. The second-order valence-electron chi connectivity index (χ2n) is 4.60. The number of rotatable bonds is 8. The summed E-state index contributed by atoms with van der Waals surface area (Å²) in [5.74, 6) is 0.260. The van der Waals surface area contributed by atoms with Crippen LogP contribution in [0.1, 0.15) is 25.3 Å². The molecule has 1 N–H and O–H groups in total. The van der Waals surface area contributed by atoms with Gasteiger partial charge in [-0.05, 0) is 31.5 Å². The molecule has 0 bridgehead atoms. The quantitative estimate of drug-likeness (QED) is 0.570. The topological polar surface area (TPSA) is 88.2 Å². The molecule has 1 aromatic carbocycles. The minimum atomic E-state index is -0.468. The lowest BCUT2D eigenvalue weighted by molar-refractivity contribution is -0.386. The van der Waals surface area contributed by atoms with E-state index >= 15 is 0 Å². The Morgan fingerprint density at radius 2 is 2.29 bits per heavy atom. The lowest BCUT2D eigenvalue weighted by Crippen LogP contribution is -2.29. The highest BCUT2D eigenvalue weighted by Gasteiger charge is 2.19. The predicted octanol–water partition coefficient (Wildman–Crippen LogP) is 3.33. The van der Waals surface area contributed by atoms with E-state index in [0.717, 1.165) is 13.0 Å². The van der Waals surface area contributed by atoms with Gasteiger partial charge in [0.25, 0.3) is 0 Å². The summed E-state index contributed by atoms with van der Waals surface area (Å²) in [6.45, 7) is 4.78. The van der Waals surface area contributed by atoms with Crippen LogP contribution in [-0.4, -0.2) is 24.1 Å². The average molecular weight is 356 g/mol. The molecule has 0 aliphatic carbocycles. The number of nitro groups is 1. The van der Waals surface area contributed by atoms with Crippen LogP contribution in [-0.2, 0) is 0 Å². The molecule has 0 fully saturated rings. The van der Waals surface area contributed by atoms with E-state index in [0.29, 0.717) is 16.5 Å². The van der Waals surface area contributed by atoms with Gasteiger partial charge in [0.2, 0.25) is 0 Å². The molecule has 0 saturated heterocycles. The molecule has 0 amide bonds. The van der Waals surface area contributed by atoms with Gasteiger partial charge in [0.1, 0.15) is 0 Å². The van der Waals surface area contributed by atoms with Gasteiger partial charge in [-0.3, -0.25) is 10.1 Å². The van der Waals surface area contributed by atoms with E-state index in [4.69, 9.17) is 10.00 Å². The van der Waals surface area contributed by atoms with Crippen LogP contribution >= 0.6 is 15.9 Å². The largest absolute Gasteiger partial charge is 0.487 e. The minimum absolute atomic E-state index is 0.0723. The number of hydrogen-bond donors (Lipinski definition) is 1. The molecule has 6 nitrogen and oxygen atoms in total. The van der Waals surface area contributed by atoms with Crippen molar-refractivity contribution >= 4 is 21.6 Å². The Hall–Kier alpha value is -1.65. The molecule has 7 heteroatoms. The van der Waals surface area contributed by atoms with Crippen LogP contribution in [0.2, 0.25) is 0 Å². The summed E-state index contributed by atoms with van der Waals surface area (Å²) in [5, 5.41) is 23.1. The summed E-state index contributed by atoms with van der Waals surface area (Å²) >= 11 is 3.23. The lowest BCUT2D eigenvalue weighted by Gasteiger charge is -2.13. The van der Waals surface area contributed by atoms with Crippen LogP contribution in [0.25, 0.3) is 0 Å². The van der Waals surface area contributed by atoms with Gasteiger partial charge < -0.3 is 10.1 Å². The van der Waals surface area contributed by atoms with Gasteiger partial charge in [0.05, 0.1) is 23.6 Å². The fraction of sp³-hybridized carbons (Fsp3) is 0.500. The van der Waals surface area contributed by atoms with Crippen molar-refractivity contribution in [3.63, 3.8) is 0 Å². The summed E-state index contributed by atoms with van der Waals surface area (Å²) in [6.07, 6.45) is 1.42. The Morgan fingerprint density at radius 1 is 1.57 bits per heavy atom. The molecule has 1 aromatic rings. The van der Waals surface area contributed by atoms with Gasteiger partial charge in [-0.15, -0.1) is 0 Å². The first kappa shape index (κ1) is 17.4. The number of halogens is 1. The number of ether oxygens (including phenoxy) is 1. The molecule has 114 valence electrons. The Labute approximate surface area is 132 Å². The van der Waals surface area contributed by atoms with Gasteiger partial charge in [-0.2, -0.15) is 5.26 Å². The summed E-state index contributed by atoms with van der Waals surface area (Å²) in [6, 6.07) is 5.03. The second kappa shape index (κ2) is 8.60. The molecule has 0 aromatic heterocycles. The van der Waals surface area contributed by atoms with Crippen LogP contribution in [0.4, 0.5) is 5.69 Å². The monoisotopic (exact) mass is 355 g/mol. The Balaban J connectivity index is 2.71. The van der Waals surface area contributed by atoms with Crippen LogP contribution in [0, 0.1) is 28.4 Å². The molecule has 0 aliphatic heterocycles. The zero-order valence-corrected chi connectivity index (χ0v) is 13.6. The number of nitro benzene ring substituents is 1. The van der Waals surface area contributed by atoms with Gasteiger partial charge in [0, 0.05) is 17.0 Å². The lowest BCUT2D eigenvalue weighted by atomic mass is 10.2. The Bertz CT molecular complexity index is 543. The van der Waals surface area contributed by atoms with E-state index in [1.54, 1.807) is 13.0 Å². The number of aryl methyl sites for hydroxylation is 1. The normalized spacial score (nSPS) is 11.7. The minimum Gasteiger partial charge on any atom is -0.487 e. The second-order valence-corrected chi connectivity index (χ2v) is 5.52. The highest BCUT2D eigenvalue weighted by Crippen LogP contribution is 2.34. The van der Waals surface area contributed by atoms with Gasteiger partial charge in [-0.25, -0.2) is 0 Å². The summed E-state index contributed by atoms with van der Waals surface area (Å²) in [5.41, 5.74) is 0.614. The standard InChI is InChI=1S/C14H18BrN3O3/c1-3-5-17-12(9-16)4-6-21-14-10(2)7-11(15)8-13(14)18(19)20/h7-8,12,17H,3-6H2,1-2H3. The third-order valence-corrected chi connectivity index (χ3v) is 3.32. The molecule has 0 saturated carbocycles. The SMILES string of the molecule is CCCNC(C#N)CCOc1c(C)cc(Br)cc1[N+](=O)[O-]. The van der Waals surface area contributed by atoms with Gasteiger partial charge in [0.15, 0.2) is 5.75 Å². The van der Waals surface area contributed by atoms with E-state index in [2.05, 4.69) is 27.3 Å². The van der Waals surface area contributed by atoms with E-state index in [1.807, 2.05) is 6.92 Å². The van der Waals surface area contributed by atoms with E-state index in [9.17, 15) is 10.1 Å². The Kier molecular flexibility index (Phi) is 7.12. The molecule has 21 heavy (non-hydrogen) atoms. The third-order valence-electron chi connectivity index (χ3n) is 2.87. The highest BCUT2D eigenvalue weighted by molar-refractivity contribution is 9.10. The molecule has 1 rings (SSSR count). The first-order valence-corrected chi connectivity index (χ1v) is 7.49. The first-order chi connectivity index (χ1) is 9.99. The molecule has 0 aliphatic rings. The zero-order chi connectivity index (χ0) is 15.8. The average Bonchev–Trinajstić information content (AvgIpc) is 2.43.